The van der Waals surface area contributed by atoms with Crippen molar-refractivity contribution in [2.45, 2.75) is 200 Å². The van der Waals surface area contributed by atoms with E-state index in [-0.39, 0.29) is 24.4 Å². The van der Waals surface area contributed by atoms with E-state index in [1.54, 1.807) is 0 Å². The number of hydrogen-bond donors (Lipinski definition) is 0. The third kappa shape index (κ3) is 31.9. The lowest BCUT2D eigenvalue weighted by molar-refractivity contribution is -0.157. The van der Waals surface area contributed by atoms with Gasteiger partial charge in [-0.05, 0) is 38.5 Å². The van der Waals surface area contributed by atoms with Gasteiger partial charge >= 0.3 is 11.9 Å². The summed E-state index contributed by atoms with van der Waals surface area (Å²) in [5, 5.41) is 0. The van der Waals surface area contributed by atoms with Crippen molar-refractivity contribution < 1.29 is 19.1 Å². The fourth-order valence-electron chi connectivity index (χ4n) is 5.24. The van der Waals surface area contributed by atoms with Crippen LogP contribution in [0.25, 0.3) is 0 Å². The number of hydrogen-bond acceptors (Lipinski definition) is 4. The first kappa shape index (κ1) is 41.0. The van der Waals surface area contributed by atoms with Crippen molar-refractivity contribution in [2.24, 2.45) is 0 Å². The fourth-order valence-corrected chi connectivity index (χ4v) is 5.39. The van der Waals surface area contributed by atoms with Crippen LogP contribution < -0.4 is 0 Å². The Morgan fingerprint density at radius 2 is 0.881 bits per heavy atom. The smallest absolute Gasteiger partial charge is 0.306 e. The van der Waals surface area contributed by atoms with Crippen LogP contribution in [0.1, 0.15) is 194 Å². The normalized spacial score (nSPS) is 12.2. The second-order valence-electron chi connectivity index (χ2n) is 12.3. The number of carbonyl (C=O) groups excluding carboxylic acids is 2. The monoisotopic (exact) mass is 612 g/mol. The topological polar surface area (TPSA) is 52.6 Å². The van der Waals surface area contributed by atoms with Crippen LogP contribution in [0.3, 0.4) is 0 Å². The molecule has 0 saturated heterocycles. The first-order valence-corrected chi connectivity index (χ1v) is 18.7. The summed E-state index contributed by atoms with van der Waals surface area (Å²) in [6.07, 6.45) is 37.6. The number of unbranched alkanes of at least 4 members (excludes halogenated alkanes) is 23. The van der Waals surface area contributed by atoms with Crippen LogP contribution in [0, 0.1) is 0 Å². The highest BCUT2D eigenvalue weighted by molar-refractivity contribution is 6.18. The van der Waals surface area contributed by atoms with Crippen molar-refractivity contribution >= 4 is 23.5 Å². The minimum Gasteiger partial charge on any atom is -0.462 e. The summed E-state index contributed by atoms with van der Waals surface area (Å²) in [7, 11) is 0. The van der Waals surface area contributed by atoms with E-state index in [1.807, 2.05) is 0 Å². The molecular weight excluding hydrogens is 544 g/mol. The zero-order chi connectivity index (χ0) is 30.8. The van der Waals surface area contributed by atoms with Crippen LogP contribution in [0.5, 0.6) is 0 Å². The molecular formula is C37H69ClO4. The largest absolute Gasteiger partial charge is 0.462 e. The van der Waals surface area contributed by atoms with Crippen molar-refractivity contribution in [1.82, 2.24) is 0 Å². The van der Waals surface area contributed by atoms with Crippen LogP contribution in [-0.2, 0) is 19.1 Å². The maximum Gasteiger partial charge on any atom is 0.306 e. The third-order valence-corrected chi connectivity index (χ3v) is 8.37. The Kier molecular flexibility index (Phi) is 33.6. The molecule has 0 aromatic carbocycles. The molecule has 0 saturated carbocycles. The third-order valence-electron chi connectivity index (χ3n) is 8.03. The summed E-state index contributed by atoms with van der Waals surface area (Å²) >= 11 is 5.95. The lowest BCUT2D eigenvalue weighted by atomic mass is 10.0. The second kappa shape index (κ2) is 34.5. The molecule has 0 aromatic rings. The van der Waals surface area contributed by atoms with Crippen molar-refractivity contribution in [3.8, 4) is 0 Å². The lowest BCUT2D eigenvalue weighted by Gasteiger charge is -2.15. The number of esters is 2. The van der Waals surface area contributed by atoms with Crippen molar-refractivity contribution in [2.75, 3.05) is 12.5 Å². The van der Waals surface area contributed by atoms with Gasteiger partial charge in [-0.15, -0.1) is 11.6 Å². The summed E-state index contributed by atoms with van der Waals surface area (Å²) in [5.41, 5.74) is 0. The second-order valence-corrected chi connectivity index (χ2v) is 12.6. The molecule has 0 rings (SSSR count). The highest BCUT2D eigenvalue weighted by atomic mass is 35.5. The van der Waals surface area contributed by atoms with Crippen molar-refractivity contribution in [3.05, 3.63) is 12.2 Å². The Morgan fingerprint density at radius 1 is 0.524 bits per heavy atom. The quantitative estimate of drug-likeness (QED) is 0.0320. The van der Waals surface area contributed by atoms with Crippen LogP contribution in [0.2, 0.25) is 0 Å². The molecule has 4 nitrogen and oxygen atoms in total. The van der Waals surface area contributed by atoms with E-state index in [0.717, 1.165) is 38.5 Å². The molecule has 0 aliphatic rings. The van der Waals surface area contributed by atoms with Gasteiger partial charge in [0.05, 0.1) is 5.88 Å². The molecule has 0 amide bonds. The first-order valence-electron chi connectivity index (χ1n) is 18.2. The van der Waals surface area contributed by atoms with Crippen LogP contribution in [0.4, 0.5) is 0 Å². The van der Waals surface area contributed by atoms with Crippen LogP contribution in [0.15, 0.2) is 12.2 Å². The Bertz CT molecular complexity index is 607. The predicted molar refractivity (Wildman–Crippen MR) is 181 cm³/mol. The lowest BCUT2D eigenvalue weighted by Crippen LogP contribution is -2.26. The number of ether oxygens (including phenoxy) is 2. The van der Waals surface area contributed by atoms with Gasteiger partial charge in [0.25, 0.3) is 0 Å². The summed E-state index contributed by atoms with van der Waals surface area (Å²) < 4.78 is 10.8. The standard InChI is InChI=1S/C37H69ClO4/c1-3-5-7-9-11-13-15-17-18-20-22-24-26-28-30-32-37(40)42-35(33-38)34-41-36(39)31-29-27-25-23-21-19-16-14-12-10-8-6-4-2/h17-18,35H,3-16,19-34H2,1-2H3/b18-17-. The Labute approximate surface area is 266 Å². The summed E-state index contributed by atoms with van der Waals surface area (Å²) in [4.78, 5) is 24.2. The summed E-state index contributed by atoms with van der Waals surface area (Å²) in [5.74, 6) is -0.322. The van der Waals surface area contributed by atoms with E-state index in [9.17, 15) is 9.59 Å². The van der Waals surface area contributed by atoms with E-state index in [1.165, 1.54) is 128 Å². The summed E-state index contributed by atoms with van der Waals surface area (Å²) in [6.45, 7) is 4.58. The minimum absolute atomic E-state index is 0.0545. The number of rotatable bonds is 33. The van der Waals surface area contributed by atoms with Gasteiger partial charge in [-0.1, -0.05) is 154 Å². The molecule has 0 spiro atoms. The van der Waals surface area contributed by atoms with E-state index in [4.69, 9.17) is 21.1 Å². The highest BCUT2D eigenvalue weighted by Gasteiger charge is 2.16. The number of carbonyl (C=O) groups is 2. The van der Waals surface area contributed by atoms with Gasteiger partial charge in [0.1, 0.15) is 12.7 Å². The van der Waals surface area contributed by atoms with Crippen LogP contribution in [-0.4, -0.2) is 30.5 Å². The molecule has 0 fully saturated rings. The molecule has 1 unspecified atom stereocenters. The van der Waals surface area contributed by atoms with E-state index in [0.29, 0.717) is 12.8 Å². The molecule has 248 valence electrons. The van der Waals surface area contributed by atoms with Gasteiger partial charge in [0.2, 0.25) is 0 Å². The minimum atomic E-state index is -0.558. The Hall–Kier alpha value is -1.03. The molecule has 0 aliphatic carbocycles. The zero-order valence-electron chi connectivity index (χ0n) is 28.0. The number of allylic oxidation sites excluding steroid dienone is 2. The molecule has 1 atom stereocenters. The first-order chi connectivity index (χ1) is 20.6. The average molecular weight is 613 g/mol. The molecule has 0 aromatic heterocycles. The van der Waals surface area contributed by atoms with Crippen molar-refractivity contribution in [3.63, 3.8) is 0 Å². The number of alkyl halides is 1. The van der Waals surface area contributed by atoms with Gasteiger partial charge in [0.15, 0.2) is 0 Å². The molecule has 0 radical (unpaired) electrons. The van der Waals surface area contributed by atoms with Crippen molar-refractivity contribution in [1.29, 1.82) is 0 Å². The average Bonchev–Trinajstić information content (AvgIpc) is 2.99. The molecule has 42 heavy (non-hydrogen) atoms. The van der Waals surface area contributed by atoms with E-state index >= 15 is 0 Å². The maximum absolute atomic E-state index is 12.2. The molecule has 0 aliphatic heterocycles. The van der Waals surface area contributed by atoms with Gasteiger partial charge in [0, 0.05) is 12.8 Å². The van der Waals surface area contributed by atoms with Gasteiger partial charge in [-0.25, -0.2) is 0 Å². The Balaban J connectivity index is 3.55. The van der Waals surface area contributed by atoms with E-state index < -0.39 is 6.10 Å². The van der Waals surface area contributed by atoms with Gasteiger partial charge in [-0.3, -0.25) is 9.59 Å². The predicted octanol–water partition coefficient (Wildman–Crippen LogP) is 12.2. The van der Waals surface area contributed by atoms with Gasteiger partial charge in [-0.2, -0.15) is 0 Å². The fraction of sp³-hybridized carbons (Fsp3) is 0.892. The van der Waals surface area contributed by atoms with Gasteiger partial charge < -0.3 is 9.47 Å². The van der Waals surface area contributed by atoms with Crippen LogP contribution >= 0.6 is 11.6 Å². The molecule has 0 bridgehead atoms. The molecule has 0 N–H and O–H groups in total. The zero-order valence-corrected chi connectivity index (χ0v) is 28.7. The SMILES string of the molecule is CCCCCCCC/C=C\CCCCCCCC(=O)OC(CCl)COC(=O)CCCCCCCCCCCCCCC. The number of halogens is 1. The van der Waals surface area contributed by atoms with E-state index in [2.05, 4.69) is 26.0 Å². The summed E-state index contributed by atoms with van der Waals surface area (Å²) in [6, 6.07) is 0. The molecule has 0 heterocycles. The molecule has 5 heteroatoms. The highest BCUT2D eigenvalue weighted by Crippen LogP contribution is 2.14. The Morgan fingerprint density at radius 3 is 1.29 bits per heavy atom. The maximum atomic E-state index is 12.2.